The van der Waals surface area contributed by atoms with E-state index in [9.17, 15) is 8.42 Å². The van der Waals surface area contributed by atoms with E-state index in [1.54, 1.807) is 0 Å². The summed E-state index contributed by atoms with van der Waals surface area (Å²) in [6, 6.07) is 0.571. The molecule has 0 atom stereocenters. The van der Waals surface area contributed by atoms with Crippen molar-refractivity contribution in [3.8, 4) is 0 Å². The molecule has 0 amide bonds. The Morgan fingerprint density at radius 2 is 1.36 bits per heavy atom. The number of hydrogen-bond acceptors (Lipinski definition) is 3. The zero-order valence-electron chi connectivity index (χ0n) is 16.9. The van der Waals surface area contributed by atoms with Crippen LogP contribution < -0.4 is 4.72 Å². The van der Waals surface area contributed by atoms with Gasteiger partial charge in [-0.3, -0.25) is 0 Å². The van der Waals surface area contributed by atoms with E-state index in [1.165, 1.54) is 5.56 Å². The number of benzene rings is 1. The topological polar surface area (TPSA) is 49.4 Å². The predicted molar refractivity (Wildman–Crippen MR) is 105 cm³/mol. The molecule has 1 aliphatic heterocycles. The van der Waals surface area contributed by atoms with Crippen LogP contribution in [-0.4, -0.2) is 39.0 Å². The zero-order valence-corrected chi connectivity index (χ0v) is 17.7. The van der Waals surface area contributed by atoms with Crippen molar-refractivity contribution in [3.63, 3.8) is 0 Å². The summed E-state index contributed by atoms with van der Waals surface area (Å²) >= 11 is 0. The Labute approximate surface area is 154 Å². The van der Waals surface area contributed by atoms with Crippen LogP contribution in [0.3, 0.4) is 0 Å². The van der Waals surface area contributed by atoms with Gasteiger partial charge in [0.2, 0.25) is 10.0 Å². The fourth-order valence-corrected chi connectivity index (χ4v) is 5.55. The minimum Gasteiger partial charge on any atom is -0.301 e. The standard InChI is InChI=1S/C20H34N2O2S/c1-13(2)22-10-8-19(9-11-22)12-21-25(23,24)20-17(6)15(4)14(3)16(5)18(20)7/h13,19,21H,8-12H2,1-7H3. The van der Waals surface area contributed by atoms with Crippen LogP contribution in [0.2, 0.25) is 0 Å². The SMILES string of the molecule is Cc1c(C)c(C)c(S(=O)(=O)NCC2CCN(C(C)C)CC2)c(C)c1C. The molecule has 2 rings (SSSR count). The minimum absolute atomic E-state index is 0.429. The smallest absolute Gasteiger partial charge is 0.241 e. The van der Waals surface area contributed by atoms with E-state index in [0.717, 1.165) is 48.2 Å². The molecular weight excluding hydrogens is 332 g/mol. The number of hydrogen-bond donors (Lipinski definition) is 1. The van der Waals surface area contributed by atoms with Crippen molar-refractivity contribution in [2.45, 2.75) is 72.2 Å². The summed E-state index contributed by atoms with van der Waals surface area (Å²) in [5.74, 6) is 0.429. The molecule has 1 N–H and O–H groups in total. The molecule has 5 heteroatoms. The van der Waals surface area contributed by atoms with Crippen molar-refractivity contribution in [1.29, 1.82) is 0 Å². The van der Waals surface area contributed by atoms with Crippen molar-refractivity contribution in [1.82, 2.24) is 9.62 Å². The molecule has 0 unspecified atom stereocenters. The molecule has 142 valence electrons. The maximum Gasteiger partial charge on any atom is 0.241 e. The predicted octanol–water partition coefficient (Wildman–Crippen LogP) is 3.63. The molecular formula is C20H34N2O2S. The number of nitrogens with zero attached hydrogens (tertiary/aromatic N) is 1. The summed E-state index contributed by atoms with van der Waals surface area (Å²) in [6.45, 7) is 17.0. The molecule has 1 aromatic carbocycles. The lowest BCUT2D eigenvalue weighted by Gasteiger charge is -2.34. The van der Waals surface area contributed by atoms with Crippen LogP contribution in [0.4, 0.5) is 0 Å². The molecule has 0 aliphatic carbocycles. The summed E-state index contributed by atoms with van der Waals surface area (Å²) in [5, 5.41) is 0. The van der Waals surface area contributed by atoms with E-state index in [0.29, 0.717) is 23.4 Å². The second kappa shape index (κ2) is 7.77. The Hall–Kier alpha value is -0.910. The fourth-order valence-electron chi connectivity index (χ4n) is 3.84. The van der Waals surface area contributed by atoms with Gasteiger partial charge in [-0.1, -0.05) is 0 Å². The zero-order chi connectivity index (χ0) is 18.9. The number of sulfonamides is 1. The molecule has 4 nitrogen and oxygen atoms in total. The molecule has 0 spiro atoms. The van der Waals surface area contributed by atoms with E-state index >= 15 is 0 Å². The van der Waals surface area contributed by atoms with E-state index in [-0.39, 0.29) is 0 Å². The highest BCUT2D eigenvalue weighted by Crippen LogP contribution is 2.29. The summed E-state index contributed by atoms with van der Waals surface area (Å²) in [7, 11) is -3.48. The van der Waals surface area contributed by atoms with Gasteiger partial charge in [-0.2, -0.15) is 0 Å². The van der Waals surface area contributed by atoms with Crippen LogP contribution in [0.25, 0.3) is 0 Å². The first kappa shape index (κ1) is 20.4. The normalized spacial score (nSPS) is 17.4. The van der Waals surface area contributed by atoms with E-state index in [1.807, 2.05) is 27.7 Å². The van der Waals surface area contributed by atoms with Gasteiger partial charge < -0.3 is 4.90 Å². The summed E-state index contributed by atoms with van der Waals surface area (Å²) < 4.78 is 28.9. The number of likely N-dealkylation sites (tertiary alicyclic amines) is 1. The van der Waals surface area contributed by atoms with Crippen LogP contribution >= 0.6 is 0 Å². The van der Waals surface area contributed by atoms with Crippen molar-refractivity contribution in [3.05, 3.63) is 27.8 Å². The van der Waals surface area contributed by atoms with Crippen molar-refractivity contribution < 1.29 is 8.42 Å². The van der Waals surface area contributed by atoms with E-state index in [2.05, 4.69) is 30.4 Å². The molecule has 25 heavy (non-hydrogen) atoms. The Bertz CT molecular complexity index is 702. The van der Waals surface area contributed by atoms with Gasteiger partial charge in [0.1, 0.15) is 0 Å². The van der Waals surface area contributed by atoms with Crippen LogP contribution in [0, 0.1) is 40.5 Å². The Kier molecular flexibility index (Phi) is 6.34. The Balaban J connectivity index is 2.14. The summed E-state index contributed by atoms with van der Waals surface area (Å²) in [4.78, 5) is 2.94. The molecule has 1 saturated heterocycles. The first-order valence-corrected chi connectivity index (χ1v) is 10.8. The first-order chi connectivity index (χ1) is 11.6. The van der Waals surface area contributed by atoms with Gasteiger partial charge in [0.05, 0.1) is 4.90 Å². The second-order valence-electron chi connectivity index (χ2n) is 7.88. The highest BCUT2D eigenvalue weighted by atomic mass is 32.2. The lowest BCUT2D eigenvalue weighted by Crippen LogP contribution is -2.41. The summed E-state index contributed by atoms with van der Waals surface area (Å²) in [6.07, 6.45) is 2.12. The molecule has 1 fully saturated rings. The average Bonchev–Trinajstić information content (AvgIpc) is 2.57. The lowest BCUT2D eigenvalue weighted by molar-refractivity contribution is 0.150. The highest BCUT2D eigenvalue weighted by Gasteiger charge is 2.26. The van der Waals surface area contributed by atoms with Crippen LogP contribution in [0.5, 0.6) is 0 Å². The number of nitrogens with one attached hydrogen (secondary N) is 1. The third-order valence-electron chi connectivity index (χ3n) is 6.14. The van der Waals surface area contributed by atoms with Gasteiger partial charge in [0.15, 0.2) is 0 Å². The van der Waals surface area contributed by atoms with Gasteiger partial charge in [-0.15, -0.1) is 0 Å². The third kappa shape index (κ3) is 4.26. The number of piperidine rings is 1. The van der Waals surface area contributed by atoms with Crippen molar-refractivity contribution >= 4 is 10.0 Å². The van der Waals surface area contributed by atoms with Gasteiger partial charge in [0, 0.05) is 12.6 Å². The second-order valence-corrected chi connectivity index (χ2v) is 9.58. The minimum atomic E-state index is -3.48. The Morgan fingerprint density at radius 1 is 0.920 bits per heavy atom. The van der Waals surface area contributed by atoms with Crippen molar-refractivity contribution in [2.75, 3.05) is 19.6 Å². The first-order valence-electron chi connectivity index (χ1n) is 9.37. The lowest BCUT2D eigenvalue weighted by atomic mass is 9.95. The molecule has 1 aromatic rings. The van der Waals surface area contributed by atoms with Crippen LogP contribution in [-0.2, 0) is 10.0 Å². The fraction of sp³-hybridized carbons (Fsp3) is 0.700. The largest absolute Gasteiger partial charge is 0.301 e. The van der Waals surface area contributed by atoms with E-state index < -0.39 is 10.0 Å². The molecule has 1 aliphatic rings. The van der Waals surface area contributed by atoms with Gasteiger partial charge in [-0.05, 0) is 108 Å². The third-order valence-corrected chi connectivity index (χ3v) is 7.84. The van der Waals surface area contributed by atoms with Gasteiger partial charge in [0.25, 0.3) is 0 Å². The maximum absolute atomic E-state index is 13.0. The molecule has 1 heterocycles. The van der Waals surface area contributed by atoms with Gasteiger partial charge in [-0.25, -0.2) is 13.1 Å². The number of rotatable bonds is 5. The molecule has 0 radical (unpaired) electrons. The Morgan fingerprint density at radius 3 is 1.80 bits per heavy atom. The maximum atomic E-state index is 13.0. The van der Waals surface area contributed by atoms with Crippen LogP contribution in [0.1, 0.15) is 54.5 Å². The monoisotopic (exact) mass is 366 g/mol. The van der Waals surface area contributed by atoms with Crippen LogP contribution in [0.15, 0.2) is 4.90 Å². The molecule has 0 saturated carbocycles. The average molecular weight is 367 g/mol. The molecule has 0 bridgehead atoms. The van der Waals surface area contributed by atoms with Crippen molar-refractivity contribution in [2.24, 2.45) is 5.92 Å². The van der Waals surface area contributed by atoms with Gasteiger partial charge >= 0.3 is 0 Å². The van der Waals surface area contributed by atoms with E-state index in [4.69, 9.17) is 0 Å². The quantitative estimate of drug-likeness (QED) is 0.866. The molecule has 0 aromatic heterocycles. The highest BCUT2D eigenvalue weighted by molar-refractivity contribution is 7.89. The summed E-state index contributed by atoms with van der Waals surface area (Å²) in [5.41, 5.74) is 5.10.